The third kappa shape index (κ3) is 5.30. The zero-order valence-corrected chi connectivity index (χ0v) is 10.6. The first kappa shape index (κ1) is 13.2. The van der Waals surface area contributed by atoms with Gasteiger partial charge < -0.3 is 14.3 Å². The Morgan fingerprint density at radius 3 is 2.75 bits per heavy atom. The summed E-state index contributed by atoms with van der Waals surface area (Å²) < 4.78 is 10.7. The number of hydrogen-bond donors (Lipinski definition) is 1. The van der Waals surface area contributed by atoms with Gasteiger partial charge in [-0.15, -0.1) is 0 Å². The Labute approximate surface area is 99.3 Å². The molecule has 0 aliphatic rings. The van der Waals surface area contributed by atoms with Crippen LogP contribution in [0.2, 0.25) is 6.55 Å². The Morgan fingerprint density at radius 1 is 1.19 bits per heavy atom. The summed E-state index contributed by atoms with van der Waals surface area (Å²) in [6, 6.07) is 7.36. The maximum absolute atomic E-state index is 9.51. The molecule has 0 aliphatic carbocycles. The number of hydrogen-bond acceptors (Lipinski definition) is 3. The number of rotatable bonds is 8. The molecular weight excluding hydrogens is 220 g/mol. The van der Waals surface area contributed by atoms with Crippen molar-refractivity contribution < 1.29 is 14.3 Å². The highest BCUT2D eigenvalue weighted by molar-refractivity contribution is 6.24. The normalized spacial score (nSPS) is 10.6. The number of phenolic OH excluding ortho intramolecular Hbond substituents is 1. The molecule has 2 radical (unpaired) electrons. The van der Waals surface area contributed by atoms with E-state index < -0.39 is 0 Å². The fourth-order valence-corrected chi connectivity index (χ4v) is 1.69. The van der Waals surface area contributed by atoms with Gasteiger partial charge in [0.05, 0.1) is 6.61 Å². The third-order valence-corrected chi connectivity index (χ3v) is 2.68. The maximum atomic E-state index is 9.51. The van der Waals surface area contributed by atoms with Crippen molar-refractivity contribution in [1.29, 1.82) is 0 Å². The minimum Gasteiger partial charge on any atom is -0.508 e. The van der Waals surface area contributed by atoms with Crippen LogP contribution in [0.15, 0.2) is 24.3 Å². The second-order valence-electron chi connectivity index (χ2n) is 3.40. The quantitative estimate of drug-likeness (QED) is 0.556. The molecule has 0 fully saturated rings. The molecule has 0 saturated heterocycles. The largest absolute Gasteiger partial charge is 0.508 e. The van der Waals surface area contributed by atoms with Gasteiger partial charge in [-0.1, -0.05) is 18.2 Å². The van der Waals surface area contributed by atoms with Gasteiger partial charge in [-0.2, -0.15) is 0 Å². The summed E-state index contributed by atoms with van der Waals surface area (Å²) in [5.41, 5.74) is 0.939. The van der Waals surface area contributed by atoms with Crippen molar-refractivity contribution in [3.63, 3.8) is 0 Å². The van der Waals surface area contributed by atoms with Crippen LogP contribution in [0.4, 0.5) is 0 Å². The highest BCUT2D eigenvalue weighted by Crippen LogP contribution is 2.15. The average molecular weight is 238 g/mol. The molecule has 88 valence electrons. The molecule has 0 aliphatic heterocycles. The first-order chi connectivity index (χ1) is 7.84. The lowest BCUT2D eigenvalue weighted by Crippen LogP contribution is -2.04. The molecule has 0 amide bonds. The summed E-state index contributed by atoms with van der Waals surface area (Å²) in [4.78, 5) is 0. The van der Waals surface area contributed by atoms with Crippen LogP contribution in [0, 0.1) is 0 Å². The number of ether oxygens (including phenoxy) is 1. The van der Waals surface area contributed by atoms with E-state index in [9.17, 15) is 5.11 Å². The van der Waals surface area contributed by atoms with E-state index in [1.54, 1.807) is 6.07 Å². The van der Waals surface area contributed by atoms with E-state index in [-0.39, 0.29) is 0 Å². The van der Waals surface area contributed by atoms with Crippen molar-refractivity contribution in [2.75, 3.05) is 19.8 Å². The van der Waals surface area contributed by atoms with E-state index in [1.165, 1.54) is 0 Å². The zero-order chi connectivity index (χ0) is 11.6. The molecule has 4 heteroatoms. The van der Waals surface area contributed by atoms with Crippen molar-refractivity contribution in [1.82, 2.24) is 0 Å². The van der Waals surface area contributed by atoms with E-state index in [4.69, 9.17) is 9.16 Å². The Kier molecular flexibility index (Phi) is 6.88. The topological polar surface area (TPSA) is 38.7 Å². The Balaban J connectivity index is 2.05. The monoisotopic (exact) mass is 238 g/mol. The van der Waals surface area contributed by atoms with E-state index >= 15 is 0 Å². The number of benzene rings is 1. The lowest BCUT2D eigenvalue weighted by atomic mass is 10.1. The van der Waals surface area contributed by atoms with Crippen molar-refractivity contribution in [3.05, 3.63) is 29.8 Å². The third-order valence-electron chi connectivity index (χ3n) is 2.19. The summed E-state index contributed by atoms with van der Waals surface area (Å²) in [6.45, 7) is 4.15. The summed E-state index contributed by atoms with van der Waals surface area (Å²) >= 11 is 0. The Hall–Kier alpha value is -0.843. The van der Waals surface area contributed by atoms with Crippen LogP contribution in [0.25, 0.3) is 0 Å². The smallest absolute Gasteiger partial charge is 0.226 e. The van der Waals surface area contributed by atoms with Crippen LogP contribution in [0.5, 0.6) is 5.75 Å². The Bertz CT molecular complexity index is 291. The molecule has 16 heavy (non-hydrogen) atoms. The molecule has 1 rings (SSSR count). The Morgan fingerprint density at radius 2 is 2.00 bits per heavy atom. The van der Waals surface area contributed by atoms with Crippen LogP contribution < -0.4 is 0 Å². The van der Waals surface area contributed by atoms with Crippen LogP contribution >= 0.6 is 0 Å². The summed E-state index contributed by atoms with van der Waals surface area (Å²) in [5.74, 6) is 0.349. The first-order valence-corrected chi connectivity index (χ1v) is 6.88. The van der Waals surface area contributed by atoms with Gasteiger partial charge in [-0.25, -0.2) is 0 Å². The standard InChI is InChI=1S/C12H18O3Si/c1-16-15-9-4-8-14-10-7-11-5-2-3-6-12(11)13/h2-3,5-6,13H,4,7-10H2,1H3. The number of phenols is 1. The van der Waals surface area contributed by atoms with Crippen molar-refractivity contribution in [2.45, 2.75) is 19.4 Å². The van der Waals surface area contributed by atoms with Crippen LogP contribution in [-0.2, 0) is 15.6 Å². The maximum Gasteiger partial charge on any atom is 0.226 e. The summed E-state index contributed by atoms with van der Waals surface area (Å²) in [6.07, 6.45) is 1.69. The fraction of sp³-hybridized carbons (Fsp3) is 0.500. The van der Waals surface area contributed by atoms with E-state index in [2.05, 4.69) is 0 Å². The molecule has 1 aromatic carbocycles. The van der Waals surface area contributed by atoms with Crippen LogP contribution in [-0.4, -0.2) is 34.7 Å². The molecule has 0 aromatic heterocycles. The molecule has 1 aromatic rings. The van der Waals surface area contributed by atoms with Crippen LogP contribution in [0.1, 0.15) is 12.0 Å². The van der Waals surface area contributed by atoms with Gasteiger partial charge in [-0.3, -0.25) is 0 Å². The molecule has 0 atom stereocenters. The van der Waals surface area contributed by atoms with Gasteiger partial charge in [-0.05, 0) is 31.0 Å². The van der Waals surface area contributed by atoms with Crippen molar-refractivity contribution in [2.24, 2.45) is 0 Å². The summed E-state index contributed by atoms with van der Waals surface area (Å²) in [7, 11) is 0.557. The van der Waals surface area contributed by atoms with E-state index in [0.29, 0.717) is 22.1 Å². The SMILES string of the molecule is C[Si]OCCCOCCc1ccccc1O. The van der Waals surface area contributed by atoms with E-state index in [0.717, 1.165) is 31.6 Å². The zero-order valence-electron chi connectivity index (χ0n) is 9.61. The lowest BCUT2D eigenvalue weighted by Gasteiger charge is -2.05. The molecule has 0 heterocycles. The highest BCUT2D eigenvalue weighted by Gasteiger charge is 1.98. The second kappa shape index (κ2) is 8.33. The van der Waals surface area contributed by atoms with Gasteiger partial charge >= 0.3 is 0 Å². The van der Waals surface area contributed by atoms with Gasteiger partial charge in [0.25, 0.3) is 0 Å². The van der Waals surface area contributed by atoms with Crippen molar-refractivity contribution in [3.8, 4) is 5.75 Å². The minimum atomic E-state index is 0.349. The number of para-hydroxylation sites is 1. The summed E-state index contributed by atoms with van der Waals surface area (Å²) in [5, 5.41) is 9.51. The predicted octanol–water partition coefficient (Wildman–Crippen LogP) is 2.03. The molecule has 3 nitrogen and oxygen atoms in total. The lowest BCUT2D eigenvalue weighted by molar-refractivity contribution is 0.122. The molecule has 0 unspecified atom stereocenters. The molecule has 0 saturated carbocycles. The van der Waals surface area contributed by atoms with Gasteiger partial charge in [0, 0.05) is 13.2 Å². The highest BCUT2D eigenvalue weighted by atomic mass is 28.2. The predicted molar refractivity (Wildman–Crippen MR) is 64.8 cm³/mol. The first-order valence-electron chi connectivity index (χ1n) is 5.47. The van der Waals surface area contributed by atoms with Crippen molar-refractivity contribution >= 4 is 9.76 Å². The molecule has 0 spiro atoms. The van der Waals surface area contributed by atoms with Gasteiger partial charge in [0.1, 0.15) is 5.75 Å². The van der Waals surface area contributed by atoms with Crippen LogP contribution in [0.3, 0.4) is 0 Å². The molecular formula is C12H18O3Si. The van der Waals surface area contributed by atoms with Gasteiger partial charge in [0.15, 0.2) is 0 Å². The van der Waals surface area contributed by atoms with Gasteiger partial charge in [0.2, 0.25) is 9.76 Å². The average Bonchev–Trinajstić information content (AvgIpc) is 2.30. The second-order valence-corrected chi connectivity index (χ2v) is 4.09. The van der Waals surface area contributed by atoms with E-state index in [1.807, 2.05) is 24.7 Å². The molecule has 0 bridgehead atoms. The minimum absolute atomic E-state index is 0.349. The molecule has 1 N–H and O–H groups in total. The fourth-order valence-electron chi connectivity index (χ4n) is 1.34. The number of aromatic hydroxyl groups is 1.